The van der Waals surface area contributed by atoms with E-state index in [1.165, 1.54) is 0 Å². The van der Waals surface area contributed by atoms with E-state index in [0.29, 0.717) is 6.54 Å². The molecular formula is C11H15NO. The van der Waals surface area contributed by atoms with Crippen LogP contribution in [0.2, 0.25) is 0 Å². The first-order valence-corrected chi connectivity index (χ1v) is 4.44. The maximum atomic E-state index is 10.8. The molecule has 0 aromatic heterocycles. The van der Waals surface area contributed by atoms with Gasteiger partial charge in [0.1, 0.15) is 6.29 Å². The first-order chi connectivity index (χ1) is 6.19. The van der Waals surface area contributed by atoms with E-state index in [1.807, 2.05) is 32.0 Å². The molecule has 0 fully saturated rings. The molecule has 2 N–H and O–H groups in total. The largest absolute Gasteiger partial charge is 0.330 e. The maximum absolute atomic E-state index is 10.8. The van der Waals surface area contributed by atoms with E-state index in [1.54, 1.807) is 0 Å². The van der Waals surface area contributed by atoms with E-state index in [-0.39, 0.29) is 5.92 Å². The molecule has 13 heavy (non-hydrogen) atoms. The molecule has 0 amide bonds. The molecule has 0 aliphatic carbocycles. The molecule has 70 valence electrons. The molecule has 2 heteroatoms. The van der Waals surface area contributed by atoms with Gasteiger partial charge in [-0.05, 0) is 31.0 Å². The van der Waals surface area contributed by atoms with Crippen molar-refractivity contribution in [1.29, 1.82) is 0 Å². The Balaban J connectivity index is 3.13. The molecule has 0 saturated carbocycles. The van der Waals surface area contributed by atoms with E-state index in [9.17, 15) is 4.79 Å². The van der Waals surface area contributed by atoms with Gasteiger partial charge in [0.2, 0.25) is 0 Å². The molecule has 0 aliphatic heterocycles. The van der Waals surface area contributed by atoms with Crippen molar-refractivity contribution in [2.45, 2.75) is 19.8 Å². The van der Waals surface area contributed by atoms with Crippen molar-refractivity contribution in [1.82, 2.24) is 0 Å². The third-order valence-electron chi connectivity index (χ3n) is 2.25. The van der Waals surface area contributed by atoms with Crippen LogP contribution in [0.5, 0.6) is 0 Å². The van der Waals surface area contributed by atoms with Gasteiger partial charge in [0.05, 0.1) is 0 Å². The van der Waals surface area contributed by atoms with Gasteiger partial charge in [0, 0.05) is 5.56 Å². The fourth-order valence-corrected chi connectivity index (χ4v) is 1.37. The summed E-state index contributed by atoms with van der Waals surface area (Å²) in [7, 11) is 0. The Kier molecular flexibility index (Phi) is 3.20. The lowest BCUT2D eigenvalue weighted by molar-refractivity contribution is 0.112. The van der Waals surface area contributed by atoms with Crippen LogP contribution in [0.1, 0.15) is 34.3 Å². The number of hydrogen-bond acceptors (Lipinski definition) is 2. The zero-order valence-corrected chi connectivity index (χ0v) is 8.08. The Morgan fingerprint density at radius 2 is 2.23 bits per heavy atom. The summed E-state index contributed by atoms with van der Waals surface area (Å²) in [6, 6.07) is 5.89. The predicted octanol–water partition coefficient (Wildman–Crippen LogP) is 1.87. The predicted molar refractivity (Wildman–Crippen MR) is 54.0 cm³/mol. The minimum Gasteiger partial charge on any atom is -0.330 e. The summed E-state index contributed by atoms with van der Waals surface area (Å²) in [5.74, 6) is 0.251. The smallest absolute Gasteiger partial charge is 0.150 e. The van der Waals surface area contributed by atoms with Crippen molar-refractivity contribution in [3.8, 4) is 0 Å². The van der Waals surface area contributed by atoms with Crippen molar-refractivity contribution in [3.05, 3.63) is 34.9 Å². The maximum Gasteiger partial charge on any atom is 0.150 e. The lowest BCUT2D eigenvalue weighted by atomic mass is 9.95. The van der Waals surface area contributed by atoms with Crippen LogP contribution in [-0.4, -0.2) is 12.8 Å². The minimum atomic E-state index is 0.251. The van der Waals surface area contributed by atoms with Gasteiger partial charge >= 0.3 is 0 Å². The normalized spacial score (nSPS) is 12.5. The van der Waals surface area contributed by atoms with Crippen LogP contribution < -0.4 is 5.73 Å². The number of carbonyl (C=O) groups is 1. The van der Waals surface area contributed by atoms with Crippen molar-refractivity contribution >= 4 is 6.29 Å². The van der Waals surface area contributed by atoms with Gasteiger partial charge in [-0.25, -0.2) is 0 Å². The molecule has 0 heterocycles. The van der Waals surface area contributed by atoms with Crippen LogP contribution in [0, 0.1) is 6.92 Å². The standard InChI is InChI=1S/C11H15NO/c1-8-3-4-11(9(2)6-12)10(5-8)7-13/h3-5,7,9H,6,12H2,1-2H3. The van der Waals surface area contributed by atoms with Gasteiger partial charge in [-0.2, -0.15) is 0 Å². The summed E-state index contributed by atoms with van der Waals surface area (Å²) in [5, 5.41) is 0. The summed E-state index contributed by atoms with van der Waals surface area (Å²) in [5.41, 5.74) is 8.46. The van der Waals surface area contributed by atoms with Crippen molar-refractivity contribution < 1.29 is 4.79 Å². The number of nitrogens with two attached hydrogens (primary N) is 1. The van der Waals surface area contributed by atoms with E-state index < -0.39 is 0 Å². The number of rotatable bonds is 3. The molecule has 1 unspecified atom stereocenters. The monoisotopic (exact) mass is 177 g/mol. The Morgan fingerprint density at radius 3 is 2.77 bits per heavy atom. The van der Waals surface area contributed by atoms with Crippen molar-refractivity contribution in [2.24, 2.45) is 5.73 Å². The molecule has 0 radical (unpaired) electrons. The number of carbonyl (C=O) groups excluding carboxylic acids is 1. The SMILES string of the molecule is Cc1ccc(C(C)CN)c(C=O)c1. The second-order valence-electron chi connectivity index (χ2n) is 3.39. The van der Waals surface area contributed by atoms with Gasteiger partial charge in [-0.3, -0.25) is 4.79 Å². The molecule has 0 bridgehead atoms. The highest BCUT2D eigenvalue weighted by atomic mass is 16.1. The minimum absolute atomic E-state index is 0.251. The van der Waals surface area contributed by atoms with E-state index >= 15 is 0 Å². The Bertz CT molecular complexity index is 307. The molecule has 0 aliphatic rings. The molecule has 2 nitrogen and oxygen atoms in total. The summed E-state index contributed by atoms with van der Waals surface area (Å²) >= 11 is 0. The third kappa shape index (κ3) is 2.16. The van der Waals surface area contributed by atoms with Crippen LogP contribution in [0.15, 0.2) is 18.2 Å². The fourth-order valence-electron chi connectivity index (χ4n) is 1.37. The van der Waals surface area contributed by atoms with Gasteiger partial charge in [-0.1, -0.05) is 24.6 Å². The van der Waals surface area contributed by atoms with Crippen molar-refractivity contribution in [2.75, 3.05) is 6.54 Å². The van der Waals surface area contributed by atoms with Crippen LogP contribution in [-0.2, 0) is 0 Å². The molecule has 0 saturated heterocycles. The van der Waals surface area contributed by atoms with Crippen LogP contribution in [0.4, 0.5) is 0 Å². The highest BCUT2D eigenvalue weighted by Gasteiger charge is 2.08. The van der Waals surface area contributed by atoms with Gasteiger partial charge in [0.15, 0.2) is 0 Å². The first kappa shape index (κ1) is 9.93. The first-order valence-electron chi connectivity index (χ1n) is 4.44. The van der Waals surface area contributed by atoms with Crippen LogP contribution in [0.25, 0.3) is 0 Å². The second-order valence-corrected chi connectivity index (χ2v) is 3.39. The summed E-state index contributed by atoms with van der Waals surface area (Å²) in [6.07, 6.45) is 0.897. The zero-order valence-electron chi connectivity index (χ0n) is 8.08. The Morgan fingerprint density at radius 1 is 1.54 bits per heavy atom. The molecule has 1 atom stereocenters. The average molecular weight is 177 g/mol. The van der Waals surface area contributed by atoms with Gasteiger partial charge in [0.25, 0.3) is 0 Å². The molecular weight excluding hydrogens is 162 g/mol. The molecule has 1 aromatic rings. The molecule has 0 spiro atoms. The number of aldehydes is 1. The highest BCUT2D eigenvalue weighted by molar-refractivity contribution is 5.78. The summed E-state index contributed by atoms with van der Waals surface area (Å²) < 4.78 is 0. The van der Waals surface area contributed by atoms with E-state index in [4.69, 9.17) is 5.73 Å². The Hall–Kier alpha value is -1.15. The van der Waals surface area contributed by atoms with Crippen LogP contribution in [0.3, 0.4) is 0 Å². The third-order valence-corrected chi connectivity index (χ3v) is 2.25. The topological polar surface area (TPSA) is 43.1 Å². The Labute approximate surface area is 78.8 Å². The summed E-state index contributed by atoms with van der Waals surface area (Å²) in [4.78, 5) is 10.8. The quantitative estimate of drug-likeness (QED) is 0.716. The highest BCUT2D eigenvalue weighted by Crippen LogP contribution is 2.18. The van der Waals surface area contributed by atoms with Crippen molar-refractivity contribution in [3.63, 3.8) is 0 Å². The lowest BCUT2D eigenvalue weighted by Gasteiger charge is -2.11. The second kappa shape index (κ2) is 4.19. The molecule has 1 rings (SSSR count). The van der Waals surface area contributed by atoms with Crippen LogP contribution >= 0.6 is 0 Å². The number of benzene rings is 1. The fraction of sp³-hybridized carbons (Fsp3) is 0.364. The van der Waals surface area contributed by atoms with E-state index in [0.717, 1.165) is 23.0 Å². The summed E-state index contributed by atoms with van der Waals surface area (Å²) in [6.45, 7) is 4.57. The van der Waals surface area contributed by atoms with Gasteiger partial charge in [-0.15, -0.1) is 0 Å². The average Bonchev–Trinajstić information content (AvgIpc) is 2.16. The lowest BCUT2D eigenvalue weighted by Crippen LogP contribution is -2.10. The zero-order chi connectivity index (χ0) is 9.84. The molecule has 1 aromatic carbocycles. The number of aryl methyl sites for hydroxylation is 1. The van der Waals surface area contributed by atoms with Gasteiger partial charge < -0.3 is 5.73 Å². The number of hydrogen-bond donors (Lipinski definition) is 1. The van der Waals surface area contributed by atoms with E-state index in [2.05, 4.69) is 0 Å².